The third-order valence-corrected chi connectivity index (χ3v) is 8.30. The first kappa shape index (κ1) is 21.9. The molecule has 0 saturated carbocycles. The van der Waals surface area contributed by atoms with Gasteiger partial charge in [0, 0.05) is 15.8 Å². The molecular weight excluding hydrogens is 452 g/mol. The molecule has 1 aromatic carbocycles. The van der Waals surface area contributed by atoms with Gasteiger partial charge in [-0.25, -0.2) is 4.98 Å². The molecule has 3 aromatic heterocycles. The SMILES string of the molecule is CC(C)(C)[C@H]1CCc2c(sc(NC(=O)CSc3nnc4c(n3)[nH]c3ccccc34)c2C#N)C1. The maximum absolute atomic E-state index is 12.7. The second-order valence-electron chi connectivity index (χ2n) is 9.42. The van der Waals surface area contributed by atoms with Gasteiger partial charge in [-0.2, -0.15) is 5.26 Å². The molecule has 2 N–H and O–H groups in total. The maximum atomic E-state index is 12.7. The Balaban J connectivity index is 1.28. The highest BCUT2D eigenvalue weighted by molar-refractivity contribution is 7.99. The number of nitrogens with zero attached hydrogens (tertiary/aromatic N) is 4. The molecule has 1 atom stereocenters. The number of amides is 1. The normalized spacial score (nSPS) is 16.0. The Morgan fingerprint density at radius 1 is 1.33 bits per heavy atom. The number of thioether (sulfide) groups is 1. The van der Waals surface area contributed by atoms with Gasteiger partial charge in [0.2, 0.25) is 11.1 Å². The Morgan fingerprint density at radius 3 is 2.94 bits per heavy atom. The number of thiophene rings is 1. The van der Waals surface area contributed by atoms with Crippen molar-refractivity contribution in [3.63, 3.8) is 0 Å². The summed E-state index contributed by atoms with van der Waals surface area (Å²) in [4.78, 5) is 21.7. The van der Waals surface area contributed by atoms with Crippen molar-refractivity contribution in [2.45, 2.75) is 45.2 Å². The Kier molecular flexibility index (Phi) is 5.59. The lowest BCUT2D eigenvalue weighted by molar-refractivity contribution is -0.113. The number of aromatic nitrogens is 4. The van der Waals surface area contributed by atoms with Crippen LogP contribution >= 0.6 is 23.1 Å². The number of aromatic amines is 1. The van der Waals surface area contributed by atoms with Gasteiger partial charge in [-0.15, -0.1) is 21.5 Å². The highest BCUT2D eigenvalue weighted by atomic mass is 32.2. The molecule has 0 bridgehead atoms. The maximum Gasteiger partial charge on any atom is 0.235 e. The number of anilines is 1. The van der Waals surface area contributed by atoms with Crippen molar-refractivity contribution >= 4 is 56.1 Å². The number of nitriles is 1. The van der Waals surface area contributed by atoms with E-state index >= 15 is 0 Å². The lowest BCUT2D eigenvalue weighted by atomic mass is 9.72. The third-order valence-electron chi connectivity index (χ3n) is 6.29. The monoisotopic (exact) mass is 476 g/mol. The molecule has 33 heavy (non-hydrogen) atoms. The van der Waals surface area contributed by atoms with Crippen molar-refractivity contribution < 1.29 is 4.79 Å². The van der Waals surface area contributed by atoms with Crippen molar-refractivity contribution in [3.8, 4) is 6.07 Å². The summed E-state index contributed by atoms with van der Waals surface area (Å²) in [5, 5.41) is 23.2. The van der Waals surface area contributed by atoms with Crippen LogP contribution in [0.2, 0.25) is 0 Å². The van der Waals surface area contributed by atoms with E-state index in [-0.39, 0.29) is 17.1 Å². The molecule has 4 aromatic rings. The molecule has 1 amide bonds. The fourth-order valence-electron chi connectivity index (χ4n) is 4.39. The topological polar surface area (TPSA) is 107 Å². The predicted octanol–water partition coefficient (Wildman–Crippen LogP) is 5.32. The van der Waals surface area contributed by atoms with Crippen molar-refractivity contribution in [1.29, 1.82) is 5.26 Å². The second-order valence-corrected chi connectivity index (χ2v) is 11.5. The number of hydrogen-bond donors (Lipinski definition) is 2. The van der Waals surface area contributed by atoms with E-state index in [0.717, 1.165) is 41.2 Å². The number of nitrogens with one attached hydrogen (secondary N) is 2. The quantitative estimate of drug-likeness (QED) is 0.386. The number of fused-ring (bicyclic) bond motifs is 4. The van der Waals surface area contributed by atoms with Crippen LogP contribution in [0.15, 0.2) is 29.4 Å². The number of para-hydroxylation sites is 1. The summed E-state index contributed by atoms with van der Waals surface area (Å²) in [6.07, 6.45) is 2.93. The van der Waals surface area contributed by atoms with Crippen LogP contribution in [-0.4, -0.2) is 31.8 Å². The molecule has 0 aliphatic heterocycles. The van der Waals surface area contributed by atoms with Gasteiger partial charge >= 0.3 is 0 Å². The molecule has 168 valence electrons. The standard InChI is InChI=1S/C24H24N6OS2/c1-24(2,3)13-8-9-14-16(11-25)22(33-18(14)10-13)27-19(31)12-32-23-28-21-20(29-30-23)15-6-4-5-7-17(15)26-21/h4-7,13H,8-10,12H2,1-3H3,(H,27,31)(H,26,28,30)/t13-/m0/s1. The zero-order valence-corrected chi connectivity index (χ0v) is 20.4. The summed E-state index contributed by atoms with van der Waals surface area (Å²) in [5.74, 6) is 0.548. The summed E-state index contributed by atoms with van der Waals surface area (Å²) < 4.78 is 0. The smallest absolute Gasteiger partial charge is 0.235 e. The molecule has 3 heterocycles. The first-order valence-electron chi connectivity index (χ1n) is 10.9. The van der Waals surface area contributed by atoms with E-state index in [4.69, 9.17) is 0 Å². The predicted molar refractivity (Wildman–Crippen MR) is 133 cm³/mol. The summed E-state index contributed by atoms with van der Waals surface area (Å²) >= 11 is 2.78. The molecule has 1 aliphatic carbocycles. The number of rotatable bonds is 4. The van der Waals surface area contributed by atoms with Crippen molar-refractivity contribution in [3.05, 3.63) is 40.3 Å². The van der Waals surface area contributed by atoms with Gasteiger partial charge in [-0.05, 0) is 42.2 Å². The van der Waals surface area contributed by atoms with Gasteiger partial charge in [0.15, 0.2) is 5.65 Å². The summed E-state index contributed by atoms with van der Waals surface area (Å²) in [6, 6.07) is 10.2. The Bertz CT molecular complexity index is 1410. The van der Waals surface area contributed by atoms with Gasteiger partial charge in [0.25, 0.3) is 0 Å². The first-order valence-corrected chi connectivity index (χ1v) is 12.7. The number of carbonyl (C=O) groups is 1. The van der Waals surface area contributed by atoms with Crippen LogP contribution < -0.4 is 5.32 Å². The highest BCUT2D eigenvalue weighted by Gasteiger charge is 2.32. The largest absolute Gasteiger partial charge is 0.338 e. The van der Waals surface area contributed by atoms with Crippen LogP contribution in [0.5, 0.6) is 0 Å². The summed E-state index contributed by atoms with van der Waals surface area (Å²) in [7, 11) is 0. The molecule has 7 nitrogen and oxygen atoms in total. The van der Waals surface area contributed by atoms with E-state index in [1.165, 1.54) is 16.6 Å². The number of carbonyl (C=O) groups excluding carboxylic acids is 1. The average molecular weight is 477 g/mol. The van der Waals surface area contributed by atoms with E-state index in [9.17, 15) is 10.1 Å². The van der Waals surface area contributed by atoms with Gasteiger partial charge in [-0.1, -0.05) is 50.7 Å². The number of hydrogen-bond acceptors (Lipinski definition) is 7. The third kappa shape index (κ3) is 4.21. The Labute approximate surface area is 200 Å². The highest BCUT2D eigenvalue weighted by Crippen LogP contribution is 2.44. The fourth-order valence-corrected chi connectivity index (χ4v) is 6.27. The Hall–Kier alpha value is -2.96. The van der Waals surface area contributed by atoms with E-state index < -0.39 is 0 Å². The minimum atomic E-state index is -0.178. The molecule has 0 radical (unpaired) electrons. The van der Waals surface area contributed by atoms with E-state index in [1.54, 1.807) is 11.3 Å². The van der Waals surface area contributed by atoms with Crippen LogP contribution in [0.1, 0.15) is 43.2 Å². The van der Waals surface area contributed by atoms with Gasteiger partial charge in [0.1, 0.15) is 16.6 Å². The van der Waals surface area contributed by atoms with Crippen LogP contribution in [0, 0.1) is 22.7 Å². The van der Waals surface area contributed by atoms with E-state index in [1.807, 2.05) is 24.3 Å². The zero-order chi connectivity index (χ0) is 23.2. The molecule has 0 spiro atoms. The molecule has 0 fully saturated rings. The van der Waals surface area contributed by atoms with Crippen LogP contribution in [0.3, 0.4) is 0 Å². The molecule has 0 unspecified atom stereocenters. The first-order chi connectivity index (χ1) is 15.8. The van der Waals surface area contributed by atoms with Crippen molar-refractivity contribution in [2.24, 2.45) is 11.3 Å². The van der Waals surface area contributed by atoms with Crippen molar-refractivity contribution in [1.82, 2.24) is 20.2 Å². The molecule has 0 saturated heterocycles. The van der Waals surface area contributed by atoms with Crippen LogP contribution in [0.25, 0.3) is 22.1 Å². The van der Waals surface area contributed by atoms with Gasteiger partial charge in [0.05, 0.1) is 11.3 Å². The molecule has 5 rings (SSSR count). The average Bonchev–Trinajstić information content (AvgIpc) is 3.33. The van der Waals surface area contributed by atoms with E-state index in [0.29, 0.717) is 27.3 Å². The second kappa shape index (κ2) is 8.43. The van der Waals surface area contributed by atoms with Crippen molar-refractivity contribution in [2.75, 3.05) is 11.1 Å². The lowest BCUT2D eigenvalue weighted by Gasteiger charge is -2.33. The zero-order valence-electron chi connectivity index (χ0n) is 18.7. The summed E-state index contributed by atoms with van der Waals surface area (Å²) in [6.45, 7) is 6.81. The molecular formula is C24H24N6OS2. The van der Waals surface area contributed by atoms with Crippen LogP contribution in [0.4, 0.5) is 5.00 Å². The summed E-state index contributed by atoms with van der Waals surface area (Å²) in [5.41, 5.74) is 4.29. The molecule has 1 aliphatic rings. The van der Waals surface area contributed by atoms with Gasteiger partial charge in [-0.3, -0.25) is 4.79 Å². The van der Waals surface area contributed by atoms with Gasteiger partial charge < -0.3 is 10.3 Å². The minimum Gasteiger partial charge on any atom is -0.338 e. The number of benzene rings is 1. The minimum absolute atomic E-state index is 0.144. The van der Waals surface area contributed by atoms with E-state index in [2.05, 4.69) is 52.3 Å². The number of H-pyrrole nitrogens is 1. The molecule has 9 heteroatoms. The fraction of sp³-hybridized carbons (Fsp3) is 0.375. The van der Waals surface area contributed by atoms with Crippen LogP contribution in [-0.2, 0) is 17.6 Å². The Morgan fingerprint density at radius 2 is 2.15 bits per heavy atom. The lowest BCUT2D eigenvalue weighted by Crippen LogP contribution is -2.26.